The second-order valence-corrected chi connectivity index (χ2v) is 8.68. The molecule has 1 aliphatic rings. The van der Waals surface area contributed by atoms with Gasteiger partial charge >= 0.3 is 12.1 Å². The Morgan fingerprint density at radius 1 is 0.828 bits per heavy atom. The molecule has 0 spiro atoms. The topological polar surface area (TPSA) is 70.7 Å². The fourth-order valence-electron chi connectivity index (χ4n) is 4.34. The van der Waals surface area contributed by atoms with Gasteiger partial charge in [-0.05, 0) is 52.0 Å². The van der Waals surface area contributed by atoms with E-state index in [4.69, 9.17) is 4.74 Å². The van der Waals surface area contributed by atoms with Crippen LogP contribution in [0.5, 0.6) is 0 Å². The lowest BCUT2D eigenvalue weighted by molar-refractivity contribution is -0.0498. The highest BCUT2D eigenvalue weighted by Gasteiger charge is 2.49. The van der Waals surface area contributed by atoms with Gasteiger partial charge in [0.1, 0.15) is 6.10 Å². The van der Waals surface area contributed by atoms with Crippen LogP contribution in [0.1, 0.15) is 40.5 Å². The Bertz CT molecular complexity index is 832. The fourth-order valence-corrected chi connectivity index (χ4v) is 4.34. The molecule has 1 saturated heterocycles. The number of para-hydroxylation sites is 2. The van der Waals surface area contributed by atoms with Gasteiger partial charge in [-0.25, -0.2) is 9.59 Å². The van der Waals surface area contributed by atoms with Crippen molar-refractivity contribution in [3.05, 3.63) is 60.7 Å². The molecule has 0 atom stereocenters. The van der Waals surface area contributed by atoms with Crippen molar-refractivity contribution in [1.82, 2.24) is 4.90 Å². The zero-order chi connectivity index (χ0) is 21.1. The quantitative estimate of drug-likeness (QED) is 0.722. The summed E-state index contributed by atoms with van der Waals surface area (Å²) >= 11 is 0. The molecule has 3 amide bonds. The summed E-state index contributed by atoms with van der Waals surface area (Å²) in [6.45, 7) is 8.02. The van der Waals surface area contributed by atoms with Crippen LogP contribution in [-0.2, 0) is 4.74 Å². The molecule has 2 N–H and O–H groups in total. The smallest absolute Gasteiger partial charge is 0.411 e. The van der Waals surface area contributed by atoms with Crippen molar-refractivity contribution >= 4 is 23.5 Å². The van der Waals surface area contributed by atoms with Crippen LogP contribution in [0.4, 0.5) is 21.0 Å². The standard InChI is InChI=1S/C23H29N3O3/c1-22(2)15-19(29-21(28)25-18-13-9-6-10-14-18)16-23(3,4)26(22)20(27)24-17-11-7-5-8-12-17/h5-14,19H,15-16H2,1-4H3,(H,24,27)(H,25,28). The lowest BCUT2D eigenvalue weighted by Gasteiger charge is -2.54. The molecule has 29 heavy (non-hydrogen) atoms. The molecule has 6 heteroatoms. The van der Waals surface area contributed by atoms with Gasteiger partial charge < -0.3 is 15.0 Å². The molecule has 1 fully saturated rings. The van der Waals surface area contributed by atoms with Gasteiger partial charge in [0, 0.05) is 35.3 Å². The molecule has 0 radical (unpaired) electrons. The predicted molar refractivity (Wildman–Crippen MR) is 115 cm³/mol. The van der Waals surface area contributed by atoms with Crippen LogP contribution >= 0.6 is 0 Å². The number of hydrogen-bond acceptors (Lipinski definition) is 3. The summed E-state index contributed by atoms with van der Waals surface area (Å²) in [4.78, 5) is 27.3. The number of nitrogens with zero attached hydrogens (tertiary/aromatic N) is 1. The molecule has 1 aliphatic heterocycles. The number of urea groups is 1. The highest BCUT2D eigenvalue weighted by molar-refractivity contribution is 5.90. The Labute approximate surface area is 172 Å². The average molecular weight is 396 g/mol. The number of amides is 3. The minimum atomic E-state index is -0.488. The van der Waals surface area contributed by atoms with Crippen LogP contribution in [0.15, 0.2) is 60.7 Å². The van der Waals surface area contributed by atoms with Crippen LogP contribution in [0.25, 0.3) is 0 Å². The number of piperidine rings is 1. The number of hydrogen-bond donors (Lipinski definition) is 2. The summed E-state index contributed by atoms with van der Waals surface area (Å²) < 4.78 is 5.70. The number of rotatable bonds is 3. The SMILES string of the molecule is CC1(C)CC(OC(=O)Nc2ccccc2)CC(C)(C)N1C(=O)Nc1ccccc1. The zero-order valence-electron chi connectivity index (χ0n) is 17.4. The predicted octanol–water partition coefficient (Wildman–Crippen LogP) is 5.49. The largest absolute Gasteiger partial charge is 0.446 e. The maximum absolute atomic E-state index is 13.1. The molecule has 6 nitrogen and oxygen atoms in total. The van der Waals surface area contributed by atoms with Crippen molar-refractivity contribution in [3.63, 3.8) is 0 Å². The second-order valence-electron chi connectivity index (χ2n) is 8.68. The first kappa shape index (κ1) is 20.7. The van der Waals surface area contributed by atoms with Crippen molar-refractivity contribution in [2.45, 2.75) is 57.7 Å². The van der Waals surface area contributed by atoms with Crippen LogP contribution in [-0.4, -0.2) is 34.2 Å². The zero-order valence-corrected chi connectivity index (χ0v) is 17.4. The molecule has 0 bridgehead atoms. The Morgan fingerprint density at radius 3 is 1.76 bits per heavy atom. The summed E-state index contributed by atoms with van der Waals surface area (Å²) in [5, 5.41) is 5.73. The highest BCUT2D eigenvalue weighted by Crippen LogP contribution is 2.40. The van der Waals surface area contributed by atoms with Gasteiger partial charge in [0.15, 0.2) is 0 Å². The van der Waals surface area contributed by atoms with Crippen LogP contribution < -0.4 is 10.6 Å². The molecule has 2 aromatic rings. The van der Waals surface area contributed by atoms with E-state index in [1.54, 1.807) is 0 Å². The Morgan fingerprint density at radius 2 is 1.28 bits per heavy atom. The van der Waals surface area contributed by atoms with Crippen LogP contribution in [0, 0.1) is 0 Å². The van der Waals surface area contributed by atoms with E-state index < -0.39 is 17.2 Å². The van der Waals surface area contributed by atoms with E-state index in [1.807, 2.05) is 93.3 Å². The summed E-state index contributed by atoms with van der Waals surface area (Å²) in [6.07, 6.45) is 0.348. The Hall–Kier alpha value is -3.02. The van der Waals surface area contributed by atoms with Crippen molar-refractivity contribution in [2.24, 2.45) is 0 Å². The van der Waals surface area contributed by atoms with E-state index in [1.165, 1.54) is 0 Å². The number of likely N-dealkylation sites (tertiary alicyclic amines) is 1. The molecule has 0 aromatic heterocycles. The Kier molecular flexibility index (Phi) is 5.82. The van der Waals surface area contributed by atoms with Gasteiger partial charge in [-0.3, -0.25) is 5.32 Å². The van der Waals surface area contributed by atoms with E-state index in [0.717, 1.165) is 5.69 Å². The number of carbonyl (C=O) groups excluding carboxylic acids is 2. The maximum Gasteiger partial charge on any atom is 0.411 e. The third kappa shape index (κ3) is 5.08. The van der Waals surface area contributed by atoms with Gasteiger partial charge in [0.2, 0.25) is 0 Å². The van der Waals surface area contributed by atoms with Gasteiger partial charge in [0.05, 0.1) is 0 Å². The second kappa shape index (κ2) is 8.15. The highest BCUT2D eigenvalue weighted by atomic mass is 16.6. The number of benzene rings is 2. The first-order valence-electron chi connectivity index (χ1n) is 9.86. The van der Waals surface area contributed by atoms with Crippen molar-refractivity contribution in [2.75, 3.05) is 10.6 Å². The lowest BCUT2D eigenvalue weighted by atomic mass is 9.78. The molecule has 154 valence electrons. The van der Waals surface area contributed by atoms with Crippen molar-refractivity contribution in [3.8, 4) is 0 Å². The number of carbonyl (C=O) groups is 2. The molecule has 0 unspecified atom stereocenters. The molecule has 3 rings (SSSR count). The summed E-state index contributed by atoms with van der Waals surface area (Å²) in [5.41, 5.74) is 0.469. The molecule has 0 aliphatic carbocycles. The van der Waals surface area contributed by atoms with E-state index in [0.29, 0.717) is 18.5 Å². The Balaban J connectivity index is 1.68. The summed E-state index contributed by atoms with van der Waals surface area (Å²) in [7, 11) is 0. The first-order chi connectivity index (χ1) is 13.7. The monoisotopic (exact) mass is 395 g/mol. The van der Waals surface area contributed by atoms with Crippen LogP contribution in [0.2, 0.25) is 0 Å². The lowest BCUT2D eigenvalue weighted by Crippen LogP contribution is -2.65. The number of ether oxygens (including phenoxy) is 1. The minimum Gasteiger partial charge on any atom is -0.446 e. The fraction of sp³-hybridized carbons (Fsp3) is 0.391. The normalized spacial score (nSPS) is 18.0. The summed E-state index contributed by atoms with van der Waals surface area (Å²) in [6, 6.07) is 18.5. The average Bonchev–Trinajstić information content (AvgIpc) is 2.61. The van der Waals surface area contributed by atoms with Crippen LogP contribution in [0.3, 0.4) is 0 Å². The third-order valence-corrected chi connectivity index (χ3v) is 5.19. The van der Waals surface area contributed by atoms with Gasteiger partial charge in [-0.1, -0.05) is 36.4 Å². The summed E-state index contributed by atoms with van der Waals surface area (Å²) in [5.74, 6) is 0. The van der Waals surface area contributed by atoms with E-state index in [2.05, 4.69) is 10.6 Å². The molecule has 0 saturated carbocycles. The van der Waals surface area contributed by atoms with Gasteiger partial charge in [-0.2, -0.15) is 0 Å². The van der Waals surface area contributed by atoms with Gasteiger partial charge in [0.25, 0.3) is 0 Å². The van der Waals surface area contributed by atoms with E-state index >= 15 is 0 Å². The third-order valence-electron chi connectivity index (χ3n) is 5.19. The molecule has 2 aromatic carbocycles. The minimum absolute atomic E-state index is 0.154. The van der Waals surface area contributed by atoms with Crippen molar-refractivity contribution < 1.29 is 14.3 Å². The molecular weight excluding hydrogens is 366 g/mol. The van der Waals surface area contributed by atoms with E-state index in [-0.39, 0.29) is 12.1 Å². The number of anilines is 2. The number of nitrogens with one attached hydrogen (secondary N) is 2. The van der Waals surface area contributed by atoms with Crippen molar-refractivity contribution in [1.29, 1.82) is 0 Å². The van der Waals surface area contributed by atoms with E-state index in [9.17, 15) is 9.59 Å². The maximum atomic E-state index is 13.1. The van der Waals surface area contributed by atoms with Gasteiger partial charge in [-0.15, -0.1) is 0 Å². The molecule has 1 heterocycles. The molecular formula is C23H29N3O3. The first-order valence-corrected chi connectivity index (χ1v) is 9.86.